The Morgan fingerprint density at radius 2 is 1.97 bits per heavy atom. The van der Waals surface area contributed by atoms with Gasteiger partial charge in [0, 0.05) is 35.6 Å². The van der Waals surface area contributed by atoms with E-state index in [1.165, 1.54) is 18.5 Å². The molecular weight excluding hydrogens is 423 g/mol. The summed E-state index contributed by atoms with van der Waals surface area (Å²) in [7, 11) is 1.63. The van der Waals surface area contributed by atoms with Crippen molar-refractivity contribution in [3.8, 4) is 16.9 Å². The number of oxime groups is 1. The van der Waals surface area contributed by atoms with E-state index in [4.69, 9.17) is 9.57 Å². The molecule has 7 nitrogen and oxygen atoms in total. The number of piperidine rings is 1. The molecule has 2 aliphatic rings. The van der Waals surface area contributed by atoms with Crippen LogP contribution in [0, 0.1) is 5.82 Å². The Balaban J connectivity index is 1.47. The van der Waals surface area contributed by atoms with E-state index in [9.17, 15) is 9.50 Å². The Hall–Kier alpha value is -3.78. The number of amidine groups is 1. The fraction of sp³-hybridized carbons (Fsp3) is 0.240. The zero-order valence-corrected chi connectivity index (χ0v) is 18.1. The second-order valence-electron chi connectivity index (χ2n) is 7.97. The number of halogens is 1. The quantitative estimate of drug-likeness (QED) is 0.639. The van der Waals surface area contributed by atoms with Crippen molar-refractivity contribution in [1.82, 2.24) is 14.9 Å². The van der Waals surface area contributed by atoms with E-state index in [2.05, 4.69) is 21.2 Å². The predicted octanol–water partition coefficient (Wildman–Crippen LogP) is 3.96. The van der Waals surface area contributed by atoms with E-state index in [-0.39, 0.29) is 12.4 Å². The van der Waals surface area contributed by atoms with Gasteiger partial charge in [0.15, 0.2) is 5.84 Å². The minimum Gasteiger partial charge on any atom is -0.496 e. The van der Waals surface area contributed by atoms with Gasteiger partial charge in [0.2, 0.25) is 0 Å². The molecule has 1 N–H and O–H groups in total. The van der Waals surface area contributed by atoms with Crippen LogP contribution in [0.3, 0.4) is 0 Å². The maximum absolute atomic E-state index is 13.5. The molecule has 168 valence electrons. The molecule has 0 amide bonds. The number of rotatable bonds is 5. The number of aliphatic hydroxyl groups is 1. The molecule has 5 rings (SSSR count). The van der Waals surface area contributed by atoms with Gasteiger partial charge in [0.1, 0.15) is 24.5 Å². The topological polar surface area (TPSA) is 80.1 Å². The lowest BCUT2D eigenvalue weighted by Crippen LogP contribution is -2.51. The third-order valence-corrected chi connectivity index (χ3v) is 6.04. The van der Waals surface area contributed by atoms with Gasteiger partial charge in [-0.15, -0.1) is 0 Å². The molecule has 33 heavy (non-hydrogen) atoms. The number of nitrogens with zero attached hydrogens (tertiary/aromatic N) is 4. The summed E-state index contributed by atoms with van der Waals surface area (Å²) >= 11 is 0. The number of methoxy groups -OCH3 is 1. The first-order valence-corrected chi connectivity index (χ1v) is 10.7. The van der Waals surface area contributed by atoms with E-state index in [0.717, 1.165) is 35.1 Å². The first-order chi connectivity index (χ1) is 16.1. The number of hydrogen-bond acceptors (Lipinski definition) is 7. The van der Waals surface area contributed by atoms with Gasteiger partial charge in [0.25, 0.3) is 5.72 Å². The Morgan fingerprint density at radius 1 is 1.18 bits per heavy atom. The third kappa shape index (κ3) is 3.72. The maximum atomic E-state index is 13.5. The van der Waals surface area contributed by atoms with Gasteiger partial charge in [0.05, 0.1) is 7.11 Å². The Morgan fingerprint density at radius 3 is 2.70 bits per heavy atom. The van der Waals surface area contributed by atoms with Gasteiger partial charge in [-0.2, -0.15) is 0 Å². The van der Waals surface area contributed by atoms with E-state index in [0.29, 0.717) is 23.7 Å². The van der Waals surface area contributed by atoms with Crippen LogP contribution in [0.5, 0.6) is 5.75 Å². The first-order valence-electron chi connectivity index (χ1n) is 10.7. The average molecular weight is 446 g/mol. The molecule has 2 aliphatic heterocycles. The molecular formula is C25H23FN4O3. The normalized spacial score (nSPS) is 20.9. The van der Waals surface area contributed by atoms with E-state index in [1.807, 2.05) is 23.1 Å². The molecule has 1 aromatic heterocycles. The summed E-state index contributed by atoms with van der Waals surface area (Å²) in [5.41, 5.74) is 3.23. The molecule has 8 heteroatoms. The van der Waals surface area contributed by atoms with Crippen LogP contribution in [0.15, 0.2) is 71.9 Å². The van der Waals surface area contributed by atoms with Crippen LogP contribution in [-0.2, 0) is 10.6 Å². The predicted molar refractivity (Wildman–Crippen MR) is 122 cm³/mol. The van der Waals surface area contributed by atoms with Crippen molar-refractivity contribution < 1.29 is 19.1 Å². The van der Waals surface area contributed by atoms with Crippen LogP contribution in [0.1, 0.15) is 24.0 Å². The molecule has 1 saturated heterocycles. The minimum absolute atomic E-state index is 0.305. The maximum Gasteiger partial charge on any atom is 0.260 e. The number of aromatic nitrogens is 2. The minimum atomic E-state index is -1.16. The molecule has 0 radical (unpaired) electrons. The Bertz CT molecular complexity index is 1210. The lowest BCUT2D eigenvalue weighted by atomic mass is 9.94. The van der Waals surface area contributed by atoms with Gasteiger partial charge in [-0.1, -0.05) is 11.2 Å². The summed E-state index contributed by atoms with van der Waals surface area (Å²) in [6, 6.07) is 11.9. The van der Waals surface area contributed by atoms with Crippen molar-refractivity contribution in [2.75, 3.05) is 20.3 Å². The highest BCUT2D eigenvalue weighted by atomic mass is 19.1. The van der Waals surface area contributed by atoms with Gasteiger partial charge >= 0.3 is 0 Å². The molecule has 1 unspecified atom stereocenters. The van der Waals surface area contributed by atoms with Crippen molar-refractivity contribution in [3.63, 3.8) is 0 Å². The zero-order valence-electron chi connectivity index (χ0n) is 18.1. The van der Waals surface area contributed by atoms with Crippen LogP contribution in [0.2, 0.25) is 0 Å². The molecule has 0 bridgehead atoms. The van der Waals surface area contributed by atoms with Crippen LogP contribution in [0.4, 0.5) is 4.39 Å². The lowest BCUT2D eigenvalue weighted by Gasteiger charge is -2.38. The highest BCUT2D eigenvalue weighted by Gasteiger charge is 2.49. The molecule has 2 aromatic carbocycles. The Kier molecular flexibility index (Phi) is 5.51. The first kappa shape index (κ1) is 21.1. The highest BCUT2D eigenvalue weighted by molar-refractivity contribution is 6.03. The van der Waals surface area contributed by atoms with Crippen LogP contribution < -0.4 is 4.74 Å². The SMILES string of the molecule is COc1cc(C=C2CCCN3C2=NOC3(CO)c2ccc(F)cc2)ccc1-c1cncnc1. The second-order valence-corrected chi connectivity index (χ2v) is 7.97. The average Bonchev–Trinajstić information content (AvgIpc) is 3.26. The lowest BCUT2D eigenvalue weighted by molar-refractivity contribution is -0.137. The summed E-state index contributed by atoms with van der Waals surface area (Å²) in [5.74, 6) is 1.05. The number of ether oxygens (including phenoxy) is 1. The summed E-state index contributed by atoms with van der Waals surface area (Å²) in [5, 5.41) is 14.6. The number of hydrogen-bond donors (Lipinski definition) is 1. The molecule has 0 saturated carbocycles. The molecule has 1 atom stereocenters. The fourth-order valence-electron chi connectivity index (χ4n) is 4.38. The molecule has 0 spiro atoms. The van der Waals surface area contributed by atoms with E-state index < -0.39 is 5.72 Å². The largest absolute Gasteiger partial charge is 0.496 e. The van der Waals surface area contributed by atoms with Gasteiger partial charge in [-0.05, 0) is 66.5 Å². The summed E-state index contributed by atoms with van der Waals surface area (Å²) in [4.78, 5) is 15.9. The summed E-state index contributed by atoms with van der Waals surface area (Å²) < 4.78 is 19.1. The van der Waals surface area contributed by atoms with Crippen molar-refractivity contribution in [1.29, 1.82) is 0 Å². The van der Waals surface area contributed by atoms with Crippen molar-refractivity contribution in [3.05, 3.63) is 83.7 Å². The van der Waals surface area contributed by atoms with Crippen molar-refractivity contribution >= 4 is 11.9 Å². The second kappa shape index (κ2) is 8.63. The summed E-state index contributed by atoms with van der Waals surface area (Å²) in [6.07, 6.45) is 8.73. The van der Waals surface area contributed by atoms with Gasteiger partial charge < -0.3 is 19.6 Å². The van der Waals surface area contributed by atoms with E-state index in [1.54, 1.807) is 31.6 Å². The fourth-order valence-corrected chi connectivity index (χ4v) is 4.38. The van der Waals surface area contributed by atoms with Crippen LogP contribution in [0.25, 0.3) is 17.2 Å². The number of aliphatic hydroxyl groups excluding tert-OH is 1. The van der Waals surface area contributed by atoms with Crippen LogP contribution >= 0.6 is 0 Å². The molecule has 3 aromatic rings. The molecule has 0 aliphatic carbocycles. The summed E-state index contributed by atoms with van der Waals surface area (Å²) in [6.45, 7) is 0.366. The standard InChI is InChI=1S/C25H23FN4O3/c1-32-23-12-17(4-9-22(23)19-13-27-16-28-14-19)11-18-3-2-10-30-24(18)29-33-25(30,15-31)20-5-7-21(26)8-6-20/h4-9,11-14,16,31H,2-3,10,15H2,1H3. The smallest absolute Gasteiger partial charge is 0.260 e. The van der Waals surface area contributed by atoms with Crippen molar-refractivity contribution in [2.45, 2.75) is 18.6 Å². The Labute approximate surface area is 190 Å². The van der Waals surface area contributed by atoms with Crippen molar-refractivity contribution in [2.24, 2.45) is 5.16 Å². The third-order valence-electron chi connectivity index (χ3n) is 6.04. The monoisotopic (exact) mass is 446 g/mol. The van der Waals surface area contributed by atoms with Crippen LogP contribution in [-0.4, -0.2) is 46.1 Å². The molecule has 3 heterocycles. The number of benzene rings is 2. The number of fused-ring (bicyclic) bond motifs is 1. The zero-order chi connectivity index (χ0) is 22.8. The van der Waals surface area contributed by atoms with E-state index >= 15 is 0 Å². The highest BCUT2D eigenvalue weighted by Crippen LogP contribution is 2.40. The van der Waals surface area contributed by atoms with Gasteiger partial charge in [-0.3, -0.25) is 0 Å². The van der Waals surface area contributed by atoms with Gasteiger partial charge in [-0.25, -0.2) is 14.4 Å². The molecule has 1 fully saturated rings.